The molecule has 0 fully saturated rings. The van der Waals surface area contributed by atoms with Crippen molar-refractivity contribution in [3.63, 3.8) is 0 Å². The Bertz CT molecular complexity index is 953. The van der Waals surface area contributed by atoms with Gasteiger partial charge in [0.05, 0.1) is 41.9 Å². The van der Waals surface area contributed by atoms with Crippen LogP contribution in [0.4, 0.5) is 22.7 Å². The smallest absolute Gasteiger partial charge is 0.338 e. The van der Waals surface area contributed by atoms with E-state index in [1.807, 2.05) is 4.90 Å². The fourth-order valence-corrected chi connectivity index (χ4v) is 2.61. The summed E-state index contributed by atoms with van der Waals surface area (Å²) in [7, 11) is 0. The second-order valence-electron chi connectivity index (χ2n) is 6.02. The molecule has 2 rings (SSSR count). The van der Waals surface area contributed by atoms with Crippen LogP contribution in [0.25, 0.3) is 0 Å². The van der Waals surface area contributed by atoms with Gasteiger partial charge in [-0.3, -0.25) is 10.1 Å². The van der Waals surface area contributed by atoms with Crippen LogP contribution in [0.1, 0.15) is 23.7 Å². The molecule has 0 aliphatic rings. The lowest BCUT2D eigenvalue weighted by molar-refractivity contribution is -0.384. The summed E-state index contributed by atoms with van der Waals surface area (Å²) in [5, 5.41) is 37.2. The normalized spacial score (nSPS) is 10.6. The van der Waals surface area contributed by atoms with E-state index in [-0.39, 0.29) is 30.2 Å². The van der Waals surface area contributed by atoms with Gasteiger partial charge in [-0.2, -0.15) is 10.4 Å². The van der Waals surface area contributed by atoms with Crippen molar-refractivity contribution in [2.45, 2.75) is 13.3 Å². The molecular formula is C20H21N5O5. The van der Waals surface area contributed by atoms with Crippen LogP contribution < -0.4 is 4.90 Å². The zero-order chi connectivity index (χ0) is 21.9. The number of nitriles is 1. The molecule has 30 heavy (non-hydrogen) atoms. The first-order valence-electron chi connectivity index (χ1n) is 9.20. The van der Waals surface area contributed by atoms with Gasteiger partial charge in [0.1, 0.15) is 0 Å². The van der Waals surface area contributed by atoms with E-state index in [1.54, 1.807) is 31.2 Å². The number of nitrogens with zero attached hydrogens (tertiary/aromatic N) is 5. The van der Waals surface area contributed by atoms with Crippen LogP contribution in [0.5, 0.6) is 0 Å². The Hall–Kier alpha value is -3.84. The Morgan fingerprint density at radius 1 is 1.23 bits per heavy atom. The molecule has 0 atom stereocenters. The summed E-state index contributed by atoms with van der Waals surface area (Å²) in [6.45, 7) is 2.64. The minimum Gasteiger partial charge on any atom is -0.462 e. The molecule has 0 aromatic heterocycles. The highest BCUT2D eigenvalue weighted by atomic mass is 16.6. The van der Waals surface area contributed by atoms with Gasteiger partial charge in [0, 0.05) is 24.8 Å². The van der Waals surface area contributed by atoms with Crippen LogP contribution in [0.2, 0.25) is 0 Å². The van der Waals surface area contributed by atoms with Crippen LogP contribution in [0.15, 0.2) is 52.7 Å². The van der Waals surface area contributed by atoms with Gasteiger partial charge in [0.25, 0.3) is 5.69 Å². The summed E-state index contributed by atoms with van der Waals surface area (Å²) in [6, 6.07) is 12.8. The number of hydrogen-bond donors (Lipinski definition) is 1. The van der Waals surface area contributed by atoms with Crippen molar-refractivity contribution in [1.29, 1.82) is 5.26 Å². The van der Waals surface area contributed by atoms with Crippen LogP contribution in [-0.4, -0.2) is 42.3 Å². The topological polar surface area (TPSA) is 141 Å². The molecule has 0 aliphatic carbocycles. The molecule has 0 bridgehead atoms. The lowest BCUT2D eigenvalue weighted by Crippen LogP contribution is -2.27. The number of aliphatic hydroxyl groups excluding tert-OH is 1. The summed E-state index contributed by atoms with van der Waals surface area (Å²) in [5.41, 5.74) is 0.988. The third kappa shape index (κ3) is 6.08. The highest BCUT2D eigenvalue weighted by molar-refractivity contribution is 5.91. The number of benzene rings is 2. The third-order valence-corrected chi connectivity index (χ3v) is 4.03. The second kappa shape index (κ2) is 11.2. The van der Waals surface area contributed by atoms with Crippen molar-refractivity contribution in [1.82, 2.24) is 0 Å². The third-order valence-electron chi connectivity index (χ3n) is 4.03. The van der Waals surface area contributed by atoms with Crippen molar-refractivity contribution in [3.8, 4) is 6.07 Å². The van der Waals surface area contributed by atoms with E-state index in [2.05, 4.69) is 16.3 Å². The highest BCUT2D eigenvalue weighted by Crippen LogP contribution is 2.30. The molecule has 10 nitrogen and oxygen atoms in total. The lowest BCUT2D eigenvalue weighted by Gasteiger charge is -2.22. The van der Waals surface area contributed by atoms with Crippen molar-refractivity contribution in [3.05, 3.63) is 58.1 Å². The Morgan fingerprint density at radius 3 is 2.57 bits per heavy atom. The first-order valence-corrected chi connectivity index (χ1v) is 9.20. The Kier molecular flexibility index (Phi) is 8.40. The summed E-state index contributed by atoms with van der Waals surface area (Å²) in [5.74, 6) is -0.650. The largest absolute Gasteiger partial charge is 0.462 e. The number of anilines is 1. The zero-order valence-electron chi connectivity index (χ0n) is 16.4. The molecule has 0 radical (unpaired) electrons. The van der Waals surface area contributed by atoms with E-state index in [0.29, 0.717) is 25.2 Å². The molecule has 10 heteroatoms. The average Bonchev–Trinajstić information content (AvgIpc) is 2.75. The molecule has 0 unspecified atom stereocenters. The first kappa shape index (κ1) is 22.4. The second-order valence-corrected chi connectivity index (χ2v) is 6.02. The number of hydrogen-bond acceptors (Lipinski definition) is 9. The number of ether oxygens (including phenoxy) is 1. The van der Waals surface area contributed by atoms with E-state index in [1.165, 1.54) is 12.1 Å². The number of azo groups is 1. The summed E-state index contributed by atoms with van der Waals surface area (Å²) in [6.07, 6.45) is 0.326. The highest BCUT2D eigenvalue weighted by Gasteiger charge is 2.18. The summed E-state index contributed by atoms with van der Waals surface area (Å²) < 4.78 is 4.85. The number of carbonyl (C=O) groups excluding carboxylic acids is 1. The molecule has 2 aromatic rings. The maximum absolute atomic E-state index is 11.8. The van der Waals surface area contributed by atoms with E-state index in [9.17, 15) is 20.0 Å². The first-order chi connectivity index (χ1) is 14.5. The summed E-state index contributed by atoms with van der Waals surface area (Å²) in [4.78, 5) is 24.3. The molecule has 156 valence electrons. The van der Waals surface area contributed by atoms with E-state index in [4.69, 9.17) is 10.00 Å². The SMILES string of the molecule is CCOC(=O)c1ccc(N=Nc2ccc(N(CCO)CCC#N)cc2)c([N+](=O)[O-])c1. The van der Waals surface area contributed by atoms with Gasteiger partial charge in [-0.15, -0.1) is 5.11 Å². The van der Waals surface area contributed by atoms with Crippen molar-refractivity contribution in [2.24, 2.45) is 10.2 Å². The average molecular weight is 411 g/mol. The van der Waals surface area contributed by atoms with Gasteiger partial charge >= 0.3 is 5.97 Å². The maximum Gasteiger partial charge on any atom is 0.338 e. The number of nitro benzene ring substituents is 1. The van der Waals surface area contributed by atoms with E-state index >= 15 is 0 Å². The molecule has 2 aromatic carbocycles. The number of aliphatic hydroxyl groups is 1. The van der Waals surface area contributed by atoms with Gasteiger partial charge in [0.15, 0.2) is 5.69 Å². The molecule has 0 saturated heterocycles. The van der Waals surface area contributed by atoms with Crippen molar-refractivity contribution in [2.75, 3.05) is 31.2 Å². The quantitative estimate of drug-likeness (QED) is 0.270. The van der Waals surface area contributed by atoms with Crippen molar-refractivity contribution < 1.29 is 19.6 Å². The van der Waals surface area contributed by atoms with Crippen molar-refractivity contribution >= 4 is 28.7 Å². The molecule has 0 aliphatic heterocycles. The molecule has 1 N–H and O–H groups in total. The van der Waals surface area contributed by atoms with Crippen LogP contribution in [0, 0.1) is 21.4 Å². The standard InChI is InChI=1S/C20H21N5O5/c1-2-30-20(27)15-4-9-18(19(14-15)25(28)29)23-22-16-5-7-17(8-6-16)24(12-13-26)11-3-10-21/h4-9,14,26H,2-3,11-13H2,1H3. The summed E-state index contributed by atoms with van der Waals surface area (Å²) >= 11 is 0. The Morgan fingerprint density at radius 2 is 1.97 bits per heavy atom. The lowest BCUT2D eigenvalue weighted by atomic mass is 10.2. The molecule has 0 amide bonds. The van der Waals surface area contributed by atoms with E-state index < -0.39 is 10.9 Å². The van der Waals surface area contributed by atoms with Gasteiger partial charge in [0.2, 0.25) is 0 Å². The molecular weight excluding hydrogens is 390 g/mol. The molecule has 0 saturated carbocycles. The predicted molar refractivity (Wildman–Crippen MR) is 109 cm³/mol. The van der Waals surface area contributed by atoms with Gasteiger partial charge in [-0.05, 0) is 43.3 Å². The van der Waals surface area contributed by atoms with Gasteiger partial charge in [-0.25, -0.2) is 4.79 Å². The number of rotatable bonds is 10. The number of nitro groups is 1. The van der Waals surface area contributed by atoms with Crippen LogP contribution in [0.3, 0.4) is 0 Å². The van der Waals surface area contributed by atoms with Crippen LogP contribution in [-0.2, 0) is 4.74 Å². The van der Waals surface area contributed by atoms with Gasteiger partial charge < -0.3 is 14.7 Å². The Labute approximate surface area is 173 Å². The monoisotopic (exact) mass is 411 g/mol. The van der Waals surface area contributed by atoms with E-state index in [0.717, 1.165) is 11.8 Å². The fourth-order valence-electron chi connectivity index (χ4n) is 2.61. The maximum atomic E-state index is 11.8. The predicted octanol–water partition coefficient (Wildman–Crippen LogP) is 3.90. The number of esters is 1. The zero-order valence-corrected chi connectivity index (χ0v) is 16.4. The Balaban J connectivity index is 2.21. The molecule has 0 heterocycles. The van der Waals surface area contributed by atoms with Crippen LogP contribution >= 0.6 is 0 Å². The fraction of sp³-hybridized carbons (Fsp3) is 0.300. The molecule has 0 spiro atoms. The van der Waals surface area contributed by atoms with Gasteiger partial charge in [-0.1, -0.05) is 0 Å². The number of carbonyl (C=O) groups is 1. The minimum atomic E-state index is -0.650. The minimum absolute atomic E-state index is 0.00746.